The van der Waals surface area contributed by atoms with Gasteiger partial charge in [-0.3, -0.25) is 4.79 Å². The van der Waals surface area contributed by atoms with Gasteiger partial charge in [-0.1, -0.05) is 30.3 Å². The molecule has 0 bridgehead atoms. The van der Waals surface area contributed by atoms with Crippen molar-refractivity contribution < 1.29 is 4.79 Å². The van der Waals surface area contributed by atoms with E-state index in [2.05, 4.69) is 48.0 Å². The Hall–Kier alpha value is -2.13. The van der Waals surface area contributed by atoms with E-state index < -0.39 is 0 Å². The fraction of sp³-hybridized carbons (Fsp3) is 0.316. The normalized spacial score (nSPS) is 15.8. The number of carbonyl (C=O) groups is 1. The molecular weight excluding hydrogens is 272 g/mol. The van der Waals surface area contributed by atoms with E-state index in [0.717, 1.165) is 49.3 Å². The van der Waals surface area contributed by atoms with Gasteiger partial charge in [0, 0.05) is 37.4 Å². The van der Waals surface area contributed by atoms with Gasteiger partial charge in [-0.05, 0) is 42.8 Å². The number of benzene rings is 2. The second-order valence-corrected chi connectivity index (χ2v) is 6.00. The van der Waals surface area contributed by atoms with Gasteiger partial charge in [-0.2, -0.15) is 0 Å². The highest BCUT2D eigenvalue weighted by Crippen LogP contribution is 2.29. The van der Waals surface area contributed by atoms with Crippen LogP contribution in [0.3, 0.4) is 0 Å². The smallest absolute Gasteiger partial charge is 0.152 e. The highest BCUT2D eigenvalue weighted by atomic mass is 16.1. The Morgan fingerprint density at radius 2 is 1.73 bits per heavy atom. The van der Waals surface area contributed by atoms with Gasteiger partial charge in [0.1, 0.15) is 0 Å². The van der Waals surface area contributed by atoms with Gasteiger partial charge in [0.2, 0.25) is 0 Å². The van der Waals surface area contributed by atoms with Gasteiger partial charge < -0.3 is 9.80 Å². The molecule has 0 aliphatic carbocycles. The van der Waals surface area contributed by atoms with Crippen molar-refractivity contribution in [1.82, 2.24) is 4.90 Å². The van der Waals surface area contributed by atoms with Crippen molar-refractivity contribution in [2.75, 3.05) is 38.1 Å². The van der Waals surface area contributed by atoms with Gasteiger partial charge in [0.25, 0.3) is 0 Å². The average Bonchev–Trinajstić information content (AvgIpc) is 2.55. The van der Waals surface area contributed by atoms with Crippen LogP contribution in [0.15, 0.2) is 42.5 Å². The molecule has 0 unspecified atom stereocenters. The molecule has 0 amide bonds. The quantitative estimate of drug-likeness (QED) is 0.812. The van der Waals surface area contributed by atoms with E-state index in [4.69, 9.17) is 0 Å². The molecule has 0 N–H and O–H groups in total. The number of nitrogens with zero attached hydrogens (tertiary/aromatic N) is 2. The summed E-state index contributed by atoms with van der Waals surface area (Å²) >= 11 is 0. The van der Waals surface area contributed by atoms with Gasteiger partial charge in [-0.25, -0.2) is 0 Å². The number of rotatable bonds is 3. The summed E-state index contributed by atoms with van der Waals surface area (Å²) in [6.45, 7) is 6.13. The van der Waals surface area contributed by atoms with Crippen molar-refractivity contribution in [2.24, 2.45) is 0 Å². The zero-order valence-electron chi connectivity index (χ0n) is 13.2. The summed E-state index contributed by atoms with van der Waals surface area (Å²) in [5.74, 6) is 0. The number of likely N-dealkylation sites (N-methyl/N-ethyl adjacent to an activating group) is 1. The molecule has 3 heteroatoms. The summed E-state index contributed by atoms with van der Waals surface area (Å²) in [5.41, 5.74) is 5.37. The molecule has 1 saturated heterocycles. The molecule has 0 spiro atoms. The van der Waals surface area contributed by atoms with E-state index in [9.17, 15) is 4.79 Å². The summed E-state index contributed by atoms with van der Waals surface area (Å²) in [7, 11) is 2.14. The fourth-order valence-electron chi connectivity index (χ4n) is 3.05. The zero-order chi connectivity index (χ0) is 15.5. The van der Waals surface area contributed by atoms with Crippen LogP contribution in [0.5, 0.6) is 0 Å². The Labute approximate surface area is 132 Å². The molecular formula is C19H22N2O. The molecule has 2 aromatic carbocycles. The topological polar surface area (TPSA) is 23.6 Å². The second-order valence-electron chi connectivity index (χ2n) is 6.00. The predicted molar refractivity (Wildman–Crippen MR) is 91.7 cm³/mol. The molecule has 0 aromatic heterocycles. The van der Waals surface area contributed by atoms with Crippen LogP contribution in [0.1, 0.15) is 15.9 Å². The zero-order valence-corrected chi connectivity index (χ0v) is 13.2. The average molecular weight is 294 g/mol. The first kappa shape index (κ1) is 14.8. The summed E-state index contributed by atoms with van der Waals surface area (Å²) in [4.78, 5) is 16.2. The van der Waals surface area contributed by atoms with Gasteiger partial charge in [-0.15, -0.1) is 0 Å². The number of carbonyl (C=O) groups excluding carboxylic acids is 1. The summed E-state index contributed by atoms with van der Waals surface area (Å²) in [6, 6.07) is 14.5. The largest absolute Gasteiger partial charge is 0.368 e. The molecule has 1 aliphatic heterocycles. The molecule has 0 atom stereocenters. The molecule has 22 heavy (non-hydrogen) atoms. The van der Waals surface area contributed by atoms with E-state index in [1.165, 1.54) is 11.1 Å². The van der Waals surface area contributed by atoms with Crippen molar-refractivity contribution in [2.45, 2.75) is 6.92 Å². The molecule has 0 radical (unpaired) electrons. The lowest BCUT2D eigenvalue weighted by Gasteiger charge is -2.34. The Kier molecular flexibility index (Phi) is 4.25. The van der Waals surface area contributed by atoms with Crippen LogP contribution >= 0.6 is 0 Å². The van der Waals surface area contributed by atoms with E-state index in [1.54, 1.807) is 0 Å². The molecule has 3 nitrogen and oxygen atoms in total. The Morgan fingerprint density at radius 3 is 2.41 bits per heavy atom. The third-order valence-corrected chi connectivity index (χ3v) is 4.45. The van der Waals surface area contributed by atoms with Gasteiger partial charge >= 0.3 is 0 Å². The number of hydrogen-bond donors (Lipinski definition) is 0. The molecule has 3 rings (SSSR count). The second kappa shape index (κ2) is 6.32. The third kappa shape index (κ3) is 2.90. The van der Waals surface area contributed by atoms with Crippen LogP contribution in [-0.4, -0.2) is 44.4 Å². The predicted octanol–water partition coefficient (Wildman–Crippen LogP) is 3.23. The minimum absolute atomic E-state index is 0.783. The molecule has 1 aliphatic rings. The van der Waals surface area contributed by atoms with E-state index in [-0.39, 0.29) is 0 Å². The standard InChI is InChI=1S/C19H22N2O/c1-15-5-3-4-6-18(15)16-7-8-19(17(13-16)14-22)21-11-9-20(2)10-12-21/h3-8,13-14H,9-12H2,1-2H3. The molecule has 1 fully saturated rings. The monoisotopic (exact) mass is 294 g/mol. The molecule has 1 heterocycles. The number of aryl methyl sites for hydroxylation is 1. The van der Waals surface area contributed by atoms with Crippen molar-refractivity contribution in [3.05, 3.63) is 53.6 Å². The first-order valence-corrected chi connectivity index (χ1v) is 7.78. The van der Waals surface area contributed by atoms with Crippen LogP contribution < -0.4 is 4.90 Å². The number of hydrogen-bond acceptors (Lipinski definition) is 3. The van der Waals surface area contributed by atoms with Gasteiger partial charge in [0.05, 0.1) is 0 Å². The molecule has 0 saturated carbocycles. The number of piperazine rings is 1. The third-order valence-electron chi connectivity index (χ3n) is 4.45. The highest BCUT2D eigenvalue weighted by molar-refractivity contribution is 5.88. The SMILES string of the molecule is Cc1ccccc1-c1ccc(N2CCN(C)CC2)c(C=O)c1. The van der Waals surface area contributed by atoms with Crippen LogP contribution in [-0.2, 0) is 0 Å². The number of anilines is 1. The van der Waals surface area contributed by atoms with Crippen molar-refractivity contribution in [3.8, 4) is 11.1 Å². The summed E-state index contributed by atoms with van der Waals surface area (Å²) in [5, 5.41) is 0. The maximum absolute atomic E-state index is 11.6. The maximum Gasteiger partial charge on any atom is 0.152 e. The van der Waals surface area contributed by atoms with E-state index in [1.807, 2.05) is 18.2 Å². The van der Waals surface area contributed by atoms with Crippen LogP contribution in [0, 0.1) is 6.92 Å². The minimum atomic E-state index is 0.783. The Morgan fingerprint density at radius 1 is 1.00 bits per heavy atom. The van der Waals surface area contributed by atoms with Crippen LogP contribution in [0.2, 0.25) is 0 Å². The van der Waals surface area contributed by atoms with Crippen molar-refractivity contribution >= 4 is 12.0 Å². The summed E-state index contributed by atoms with van der Waals surface area (Å²) < 4.78 is 0. The lowest BCUT2D eigenvalue weighted by atomic mass is 9.98. The lowest BCUT2D eigenvalue weighted by Crippen LogP contribution is -2.44. The minimum Gasteiger partial charge on any atom is -0.368 e. The molecule has 2 aromatic rings. The maximum atomic E-state index is 11.6. The van der Waals surface area contributed by atoms with Crippen molar-refractivity contribution in [1.29, 1.82) is 0 Å². The van der Waals surface area contributed by atoms with Gasteiger partial charge in [0.15, 0.2) is 6.29 Å². The van der Waals surface area contributed by atoms with Crippen molar-refractivity contribution in [3.63, 3.8) is 0 Å². The Balaban J connectivity index is 1.94. The summed E-state index contributed by atoms with van der Waals surface area (Å²) in [6.07, 6.45) is 0.982. The van der Waals surface area contributed by atoms with E-state index >= 15 is 0 Å². The molecule has 114 valence electrons. The highest BCUT2D eigenvalue weighted by Gasteiger charge is 2.17. The first-order valence-electron chi connectivity index (χ1n) is 7.78. The van der Waals surface area contributed by atoms with E-state index in [0.29, 0.717) is 0 Å². The number of aldehydes is 1. The fourth-order valence-corrected chi connectivity index (χ4v) is 3.05. The van der Waals surface area contributed by atoms with Crippen LogP contribution in [0.25, 0.3) is 11.1 Å². The van der Waals surface area contributed by atoms with Crippen LogP contribution in [0.4, 0.5) is 5.69 Å². The Bertz CT molecular complexity index is 673. The lowest BCUT2D eigenvalue weighted by molar-refractivity contribution is 0.112. The first-order chi connectivity index (χ1) is 10.7.